The quantitative estimate of drug-likeness (QED) is 0.809. The van der Waals surface area contributed by atoms with Gasteiger partial charge in [-0.15, -0.1) is 0 Å². The second-order valence-corrected chi connectivity index (χ2v) is 5.33. The van der Waals surface area contributed by atoms with Crippen LogP contribution in [-0.4, -0.2) is 31.6 Å². The summed E-state index contributed by atoms with van der Waals surface area (Å²) in [5.41, 5.74) is 1.39. The summed E-state index contributed by atoms with van der Waals surface area (Å²) in [6.45, 7) is 5.53. The summed E-state index contributed by atoms with van der Waals surface area (Å²) in [4.78, 5) is 2.37. The van der Waals surface area contributed by atoms with Crippen LogP contribution in [-0.2, 0) is 6.42 Å². The summed E-state index contributed by atoms with van der Waals surface area (Å²) in [5, 5.41) is 2.59. The van der Waals surface area contributed by atoms with Gasteiger partial charge in [0.1, 0.15) is 5.75 Å². The van der Waals surface area contributed by atoms with Gasteiger partial charge in [-0.1, -0.05) is 24.3 Å². The van der Waals surface area contributed by atoms with E-state index >= 15 is 0 Å². The molecule has 19 heavy (non-hydrogen) atoms. The summed E-state index contributed by atoms with van der Waals surface area (Å²) < 4.78 is 5.33. The van der Waals surface area contributed by atoms with Crippen molar-refractivity contribution >= 4 is 10.8 Å². The predicted octanol–water partition coefficient (Wildman–Crippen LogP) is 3.73. The van der Waals surface area contributed by atoms with Crippen LogP contribution in [0.5, 0.6) is 5.75 Å². The third-order valence-electron chi connectivity index (χ3n) is 3.79. The Morgan fingerprint density at radius 2 is 1.95 bits per heavy atom. The molecular weight excluding hydrogens is 234 g/mol. The van der Waals surface area contributed by atoms with Crippen LogP contribution in [0.4, 0.5) is 0 Å². The Morgan fingerprint density at radius 3 is 2.63 bits per heavy atom. The zero-order valence-corrected chi connectivity index (χ0v) is 12.3. The van der Waals surface area contributed by atoms with Crippen molar-refractivity contribution in [1.29, 1.82) is 0 Å². The highest BCUT2D eigenvalue weighted by Gasteiger charge is 2.06. The highest BCUT2D eigenvalue weighted by atomic mass is 16.5. The second kappa shape index (κ2) is 6.07. The van der Waals surface area contributed by atoms with Gasteiger partial charge in [0.2, 0.25) is 0 Å². The molecule has 2 heteroatoms. The molecule has 2 aromatic carbocycles. The van der Waals surface area contributed by atoms with Crippen LogP contribution in [0.3, 0.4) is 0 Å². The Hall–Kier alpha value is -1.54. The average Bonchev–Trinajstić information content (AvgIpc) is 2.43. The minimum atomic E-state index is 0.588. The van der Waals surface area contributed by atoms with Crippen molar-refractivity contribution in [3.63, 3.8) is 0 Å². The molecule has 2 rings (SSSR count). The van der Waals surface area contributed by atoms with E-state index in [2.05, 4.69) is 56.1 Å². The molecule has 0 aliphatic heterocycles. The normalized spacial score (nSPS) is 11.5. The lowest BCUT2D eigenvalue weighted by Crippen LogP contribution is -2.28. The van der Waals surface area contributed by atoms with E-state index in [0.717, 1.165) is 18.7 Å². The Labute approximate surface area is 116 Å². The minimum absolute atomic E-state index is 0.588. The van der Waals surface area contributed by atoms with E-state index < -0.39 is 0 Å². The van der Waals surface area contributed by atoms with Crippen molar-refractivity contribution in [1.82, 2.24) is 4.90 Å². The monoisotopic (exact) mass is 257 g/mol. The highest BCUT2D eigenvalue weighted by Crippen LogP contribution is 2.24. The predicted molar refractivity (Wildman–Crippen MR) is 82.0 cm³/mol. The molecule has 0 aromatic heterocycles. The van der Waals surface area contributed by atoms with E-state index in [9.17, 15) is 0 Å². The van der Waals surface area contributed by atoms with Gasteiger partial charge in [-0.3, -0.25) is 0 Å². The first-order valence-electron chi connectivity index (χ1n) is 6.87. The molecule has 0 amide bonds. The number of methoxy groups -OCH3 is 1. The Bertz CT molecular complexity index is 548. The number of fused-ring (bicyclic) bond motifs is 1. The van der Waals surface area contributed by atoms with Gasteiger partial charge in [-0.05, 0) is 55.8 Å². The fourth-order valence-electron chi connectivity index (χ4n) is 2.22. The largest absolute Gasteiger partial charge is 0.497 e. The molecule has 0 aliphatic rings. The molecule has 0 heterocycles. The van der Waals surface area contributed by atoms with Gasteiger partial charge in [-0.2, -0.15) is 0 Å². The third-order valence-corrected chi connectivity index (χ3v) is 3.79. The molecule has 0 spiro atoms. The van der Waals surface area contributed by atoms with Crippen LogP contribution in [0.1, 0.15) is 19.4 Å². The molecule has 0 fully saturated rings. The molecule has 0 unspecified atom stereocenters. The topological polar surface area (TPSA) is 12.5 Å². The first-order chi connectivity index (χ1) is 9.11. The van der Waals surface area contributed by atoms with Crippen LogP contribution in [0.15, 0.2) is 36.4 Å². The van der Waals surface area contributed by atoms with E-state index in [0.29, 0.717) is 6.04 Å². The number of rotatable bonds is 5. The molecule has 0 N–H and O–H groups in total. The molecule has 102 valence electrons. The molecule has 0 radical (unpaired) electrons. The first kappa shape index (κ1) is 13.9. The zero-order valence-electron chi connectivity index (χ0n) is 12.3. The van der Waals surface area contributed by atoms with Crippen LogP contribution in [0, 0.1) is 0 Å². The van der Waals surface area contributed by atoms with Crippen LogP contribution in [0.2, 0.25) is 0 Å². The van der Waals surface area contributed by atoms with Crippen LogP contribution < -0.4 is 4.74 Å². The van der Waals surface area contributed by atoms with Crippen molar-refractivity contribution in [2.24, 2.45) is 0 Å². The summed E-state index contributed by atoms with van der Waals surface area (Å²) >= 11 is 0. The van der Waals surface area contributed by atoms with Gasteiger partial charge < -0.3 is 9.64 Å². The van der Waals surface area contributed by atoms with E-state index in [1.54, 1.807) is 7.11 Å². The van der Waals surface area contributed by atoms with Crippen LogP contribution in [0.25, 0.3) is 10.8 Å². The van der Waals surface area contributed by atoms with Gasteiger partial charge in [0.25, 0.3) is 0 Å². The number of hydrogen-bond donors (Lipinski definition) is 0. The molecule has 0 bridgehead atoms. The standard InChI is InChI=1S/C17H23NO/c1-13(2)18(3)11-10-15-7-5-6-14-8-9-16(19-4)12-17(14)15/h5-9,12-13H,10-11H2,1-4H3. The zero-order chi connectivity index (χ0) is 13.8. The Balaban J connectivity index is 2.27. The van der Waals surface area contributed by atoms with Gasteiger partial charge >= 0.3 is 0 Å². The number of nitrogens with zero attached hydrogens (tertiary/aromatic N) is 1. The van der Waals surface area contributed by atoms with Crippen molar-refractivity contribution in [2.45, 2.75) is 26.3 Å². The average molecular weight is 257 g/mol. The van der Waals surface area contributed by atoms with E-state index in [1.165, 1.54) is 16.3 Å². The molecular formula is C17H23NO. The van der Waals surface area contributed by atoms with E-state index in [1.807, 2.05) is 6.07 Å². The number of ether oxygens (including phenoxy) is 1. The maximum atomic E-state index is 5.33. The molecule has 0 aliphatic carbocycles. The summed E-state index contributed by atoms with van der Waals surface area (Å²) in [6, 6.07) is 13.4. The van der Waals surface area contributed by atoms with Gasteiger partial charge in [0.15, 0.2) is 0 Å². The lowest BCUT2D eigenvalue weighted by molar-refractivity contribution is 0.278. The fourth-order valence-corrected chi connectivity index (χ4v) is 2.22. The lowest BCUT2D eigenvalue weighted by Gasteiger charge is -2.21. The fraction of sp³-hybridized carbons (Fsp3) is 0.412. The summed E-state index contributed by atoms with van der Waals surface area (Å²) in [5.74, 6) is 0.928. The van der Waals surface area contributed by atoms with Gasteiger partial charge in [-0.25, -0.2) is 0 Å². The van der Waals surface area contributed by atoms with Gasteiger partial charge in [0.05, 0.1) is 7.11 Å². The Kier molecular flexibility index (Phi) is 4.43. The summed E-state index contributed by atoms with van der Waals surface area (Å²) in [7, 11) is 3.90. The van der Waals surface area contributed by atoms with E-state index in [-0.39, 0.29) is 0 Å². The van der Waals surface area contributed by atoms with Crippen molar-refractivity contribution in [3.05, 3.63) is 42.0 Å². The van der Waals surface area contributed by atoms with E-state index in [4.69, 9.17) is 4.74 Å². The second-order valence-electron chi connectivity index (χ2n) is 5.33. The molecule has 0 saturated heterocycles. The summed E-state index contributed by atoms with van der Waals surface area (Å²) in [6.07, 6.45) is 1.07. The van der Waals surface area contributed by atoms with Crippen molar-refractivity contribution in [3.8, 4) is 5.75 Å². The maximum Gasteiger partial charge on any atom is 0.119 e. The SMILES string of the molecule is COc1ccc2cccc(CCN(C)C(C)C)c2c1. The molecule has 0 saturated carbocycles. The van der Waals surface area contributed by atoms with Crippen molar-refractivity contribution in [2.75, 3.05) is 20.7 Å². The minimum Gasteiger partial charge on any atom is -0.497 e. The lowest BCUT2D eigenvalue weighted by atomic mass is 10.0. The number of benzene rings is 2. The van der Waals surface area contributed by atoms with Crippen LogP contribution >= 0.6 is 0 Å². The first-order valence-corrected chi connectivity index (χ1v) is 6.87. The number of hydrogen-bond acceptors (Lipinski definition) is 2. The Morgan fingerprint density at radius 1 is 1.16 bits per heavy atom. The van der Waals surface area contributed by atoms with Gasteiger partial charge in [0, 0.05) is 12.6 Å². The van der Waals surface area contributed by atoms with Crippen molar-refractivity contribution < 1.29 is 4.74 Å². The smallest absolute Gasteiger partial charge is 0.119 e. The molecule has 0 atom stereocenters. The molecule has 2 nitrogen and oxygen atoms in total. The third kappa shape index (κ3) is 3.27. The maximum absolute atomic E-state index is 5.33. The highest BCUT2D eigenvalue weighted by molar-refractivity contribution is 5.87. The molecule has 2 aromatic rings. The number of likely N-dealkylation sites (N-methyl/N-ethyl adjacent to an activating group) is 1.